The van der Waals surface area contributed by atoms with Gasteiger partial charge in [0, 0.05) is 6.07 Å². The van der Waals surface area contributed by atoms with Gasteiger partial charge in [0.05, 0.1) is 17.1 Å². The third-order valence-corrected chi connectivity index (χ3v) is 3.62. The normalized spacial score (nSPS) is 22.3. The number of pyridine rings is 1. The average molecular weight is 295 g/mol. The number of hydrogen-bond donors (Lipinski definition) is 3. The summed E-state index contributed by atoms with van der Waals surface area (Å²) < 4.78 is 0. The molecule has 0 spiro atoms. The molecule has 2 atom stereocenters. The van der Waals surface area contributed by atoms with E-state index in [-0.39, 0.29) is 23.1 Å². The summed E-state index contributed by atoms with van der Waals surface area (Å²) in [5.74, 6) is -1.24. The van der Waals surface area contributed by atoms with Crippen molar-refractivity contribution in [1.82, 2.24) is 4.98 Å². The van der Waals surface area contributed by atoms with Crippen molar-refractivity contribution in [3.05, 3.63) is 27.9 Å². The fourth-order valence-electron chi connectivity index (χ4n) is 2.46. The highest BCUT2D eigenvalue weighted by Crippen LogP contribution is 2.24. The van der Waals surface area contributed by atoms with Crippen LogP contribution in [0.5, 0.6) is 0 Å². The topological polar surface area (TPSA) is 126 Å². The Morgan fingerprint density at radius 2 is 2.10 bits per heavy atom. The van der Waals surface area contributed by atoms with Crippen LogP contribution in [0.2, 0.25) is 0 Å². The second-order valence-electron chi connectivity index (χ2n) is 5.11. The Bertz CT molecular complexity index is 549. The zero-order chi connectivity index (χ0) is 15.4. The zero-order valence-corrected chi connectivity index (χ0v) is 11.4. The molecule has 1 fully saturated rings. The van der Waals surface area contributed by atoms with E-state index in [4.69, 9.17) is 5.11 Å². The number of hydrogen-bond acceptors (Lipinski definition) is 6. The molecule has 1 aromatic heterocycles. The zero-order valence-electron chi connectivity index (χ0n) is 11.4. The molecule has 1 aliphatic rings. The van der Waals surface area contributed by atoms with Crippen LogP contribution >= 0.6 is 0 Å². The van der Waals surface area contributed by atoms with E-state index in [0.29, 0.717) is 12.8 Å². The first-order valence-electron chi connectivity index (χ1n) is 6.81. The largest absolute Gasteiger partial charge is 0.478 e. The van der Waals surface area contributed by atoms with Gasteiger partial charge >= 0.3 is 5.97 Å². The number of aromatic nitrogens is 1. The maximum atomic E-state index is 11.2. The van der Waals surface area contributed by atoms with Gasteiger partial charge in [0.2, 0.25) is 0 Å². The molecule has 0 aliphatic heterocycles. The Morgan fingerprint density at radius 1 is 1.38 bits per heavy atom. The van der Waals surface area contributed by atoms with E-state index >= 15 is 0 Å². The minimum atomic E-state index is -1.29. The molecule has 0 bridgehead atoms. The Morgan fingerprint density at radius 3 is 2.76 bits per heavy atom. The molecular formula is C13H17N3O5. The molecule has 1 aromatic rings. The molecule has 1 aliphatic carbocycles. The lowest BCUT2D eigenvalue weighted by Gasteiger charge is -2.22. The van der Waals surface area contributed by atoms with Gasteiger partial charge in [-0.3, -0.25) is 10.1 Å². The quantitative estimate of drug-likeness (QED) is 0.439. The predicted octanol–water partition coefficient (Wildman–Crippen LogP) is 1.79. The molecule has 0 saturated heterocycles. The molecule has 2 unspecified atom stereocenters. The van der Waals surface area contributed by atoms with Crippen molar-refractivity contribution in [3.8, 4) is 0 Å². The smallest absolute Gasteiger partial charge is 0.339 e. The first-order valence-corrected chi connectivity index (χ1v) is 6.81. The number of nitrogens with one attached hydrogen (secondary N) is 1. The lowest BCUT2D eigenvalue weighted by molar-refractivity contribution is -0.385. The second kappa shape index (κ2) is 6.49. The van der Waals surface area contributed by atoms with Crippen molar-refractivity contribution in [2.24, 2.45) is 0 Å². The van der Waals surface area contributed by atoms with Gasteiger partial charge in [-0.25, -0.2) is 9.78 Å². The number of rotatable bonds is 4. The summed E-state index contributed by atoms with van der Waals surface area (Å²) in [5, 5.41) is 32.8. The SMILES string of the molecule is O=C(O)c1cc([N+](=O)[O-])cnc1NC1CCCCCC1O. The van der Waals surface area contributed by atoms with Gasteiger partial charge < -0.3 is 15.5 Å². The molecule has 0 radical (unpaired) electrons. The Labute approximate surface area is 121 Å². The predicted molar refractivity (Wildman–Crippen MR) is 74.4 cm³/mol. The fraction of sp³-hybridized carbons (Fsp3) is 0.538. The van der Waals surface area contributed by atoms with Crippen LogP contribution in [-0.4, -0.2) is 38.2 Å². The Hall–Kier alpha value is -2.22. The summed E-state index contributed by atoms with van der Waals surface area (Å²) >= 11 is 0. The molecule has 0 aromatic carbocycles. The number of carboxylic acids is 1. The number of aliphatic hydroxyl groups is 1. The van der Waals surface area contributed by atoms with Gasteiger partial charge in [0.25, 0.3) is 5.69 Å². The van der Waals surface area contributed by atoms with Gasteiger partial charge in [0.1, 0.15) is 17.6 Å². The van der Waals surface area contributed by atoms with E-state index < -0.39 is 17.0 Å². The van der Waals surface area contributed by atoms with Crippen molar-refractivity contribution in [2.75, 3.05) is 5.32 Å². The molecule has 3 N–H and O–H groups in total. The average Bonchev–Trinajstić information content (AvgIpc) is 2.64. The van der Waals surface area contributed by atoms with Crippen LogP contribution in [0.25, 0.3) is 0 Å². The number of aromatic carboxylic acids is 1. The van der Waals surface area contributed by atoms with E-state index in [2.05, 4.69) is 10.3 Å². The van der Waals surface area contributed by atoms with Gasteiger partial charge in [-0.1, -0.05) is 19.3 Å². The molecule has 2 rings (SSSR count). The molecule has 1 heterocycles. The van der Waals surface area contributed by atoms with E-state index in [9.17, 15) is 20.0 Å². The summed E-state index contributed by atoms with van der Waals surface area (Å²) in [7, 11) is 0. The van der Waals surface area contributed by atoms with E-state index in [1.54, 1.807) is 0 Å². The number of nitrogens with zero attached hydrogens (tertiary/aromatic N) is 2. The van der Waals surface area contributed by atoms with E-state index in [0.717, 1.165) is 31.5 Å². The summed E-state index contributed by atoms with van der Waals surface area (Å²) in [5.41, 5.74) is -0.639. The van der Waals surface area contributed by atoms with Crippen LogP contribution in [0.4, 0.5) is 11.5 Å². The molecule has 114 valence electrons. The monoisotopic (exact) mass is 295 g/mol. The van der Waals surface area contributed by atoms with Crippen LogP contribution in [-0.2, 0) is 0 Å². The van der Waals surface area contributed by atoms with Crippen LogP contribution < -0.4 is 5.32 Å². The molecular weight excluding hydrogens is 278 g/mol. The number of carbonyl (C=O) groups is 1. The highest BCUT2D eigenvalue weighted by molar-refractivity contribution is 5.93. The maximum Gasteiger partial charge on any atom is 0.339 e. The minimum Gasteiger partial charge on any atom is -0.478 e. The summed E-state index contributed by atoms with van der Waals surface area (Å²) in [6, 6.07) is 0.681. The summed E-state index contributed by atoms with van der Waals surface area (Å²) in [4.78, 5) is 25.1. The lowest BCUT2D eigenvalue weighted by Crippen LogP contribution is -2.33. The van der Waals surface area contributed by atoms with Crippen LogP contribution in [0.1, 0.15) is 42.5 Å². The molecule has 21 heavy (non-hydrogen) atoms. The third kappa shape index (κ3) is 3.66. The maximum absolute atomic E-state index is 11.2. The fourth-order valence-corrected chi connectivity index (χ4v) is 2.46. The Balaban J connectivity index is 2.26. The molecule has 8 heteroatoms. The van der Waals surface area contributed by atoms with Gasteiger partial charge in [-0.15, -0.1) is 0 Å². The van der Waals surface area contributed by atoms with Crippen molar-refractivity contribution in [3.63, 3.8) is 0 Å². The number of anilines is 1. The summed E-state index contributed by atoms with van der Waals surface area (Å²) in [6.45, 7) is 0. The van der Waals surface area contributed by atoms with Crippen molar-refractivity contribution in [1.29, 1.82) is 0 Å². The third-order valence-electron chi connectivity index (χ3n) is 3.62. The highest BCUT2D eigenvalue weighted by Gasteiger charge is 2.25. The second-order valence-corrected chi connectivity index (χ2v) is 5.11. The number of carboxylic acid groups (broad SMARTS) is 1. The molecule has 0 amide bonds. The first kappa shape index (κ1) is 15.2. The Kier molecular flexibility index (Phi) is 4.69. The van der Waals surface area contributed by atoms with Crippen LogP contribution in [0, 0.1) is 10.1 Å². The van der Waals surface area contributed by atoms with Crippen LogP contribution in [0.15, 0.2) is 12.3 Å². The van der Waals surface area contributed by atoms with Gasteiger partial charge in [0.15, 0.2) is 0 Å². The van der Waals surface area contributed by atoms with Crippen molar-refractivity contribution >= 4 is 17.5 Å². The van der Waals surface area contributed by atoms with E-state index in [1.165, 1.54) is 0 Å². The standard InChI is InChI=1S/C13H17N3O5/c17-11-5-3-1-2-4-10(11)15-12-9(13(18)19)6-8(7-14-12)16(20)21/h6-7,10-11,17H,1-5H2,(H,14,15)(H,18,19). The lowest BCUT2D eigenvalue weighted by atomic mass is 10.1. The van der Waals surface area contributed by atoms with Crippen LogP contribution in [0.3, 0.4) is 0 Å². The first-order chi connectivity index (χ1) is 9.99. The molecule has 8 nitrogen and oxygen atoms in total. The summed E-state index contributed by atoms with van der Waals surface area (Å²) in [6.07, 6.45) is 4.67. The van der Waals surface area contributed by atoms with Crippen molar-refractivity contribution in [2.45, 2.75) is 44.2 Å². The number of nitro groups is 1. The molecule has 1 saturated carbocycles. The van der Waals surface area contributed by atoms with Crippen molar-refractivity contribution < 1.29 is 19.9 Å². The van der Waals surface area contributed by atoms with Gasteiger partial charge in [-0.2, -0.15) is 0 Å². The number of aliphatic hydroxyl groups excluding tert-OH is 1. The minimum absolute atomic E-state index is 0.0547. The van der Waals surface area contributed by atoms with E-state index in [1.807, 2.05) is 0 Å². The van der Waals surface area contributed by atoms with Gasteiger partial charge in [-0.05, 0) is 12.8 Å². The highest BCUT2D eigenvalue weighted by atomic mass is 16.6.